The molecule has 0 heterocycles. The van der Waals surface area contributed by atoms with Crippen molar-refractivity contribution in [3.63, 3.8) is 0 Å². The van der Waals surface area contributed by atoms with Crippen molar-refractivity contribution in [3.05, 3.63) is 11.6 Å². The number of carbonyl (C=O) groups is 2. The molecule has 8 heteroatoms. The van der Waals surface area contributed by atoms with Crippen molar-refractivity contribution in [1.29, 1.82) is 0 Å². The molecule has 0 aliphatic carbocycles. The Labute approximate surface area is 109 Å². The maximum absolute atomic E-state index is 11.0. The second-order valence-electron chi connectivity index (χ2n) is 4.08. The van der Waals surface area contributed by atoms with Crippen molar-refractivity contribution in [2.75, 3.05) is 13.2 Å². The molecule has 6 N–H and O–H groups in total. The van der Waals surface area contributed by atoms with Crippen LogP contribution >= 0.6 is 0 Å². The molecular weight excluding hydrogens is 260 g/mol. The van der Waals surface area contributed by atoms with E-state index in [0.29, 0.717) is 6.08 Å². The number of hydrogen-bond donors (Lipinski definition) is 6. The second kappa shape index (κ2) is 8.59. The Morgan fingerprint density at radius 3 is 1.63 bits per heavy atom. The average molecular weight is 278 g/mol. The van der Waals surface area contributed by atoms with Gasteiger partial charge in [-0.05, 0) is 18.8 Å². The van der Waals surface area contributed by atoms with Crippen LogP contribution < -0.4 is 0 Å². The lowest BCUT2D eigenvalue weighted by molar-refractivity contribution is -0.135. The van der Waals surface area contributed by atoms with E-state index in [0.717, 1.165) is 0 Å². The molecule has 0 amide bonds. The summed E-state index contributed by atoms with van der Waals surface area (Å²) in [5, 5.41) is 53.6. The molecular formula is C11H18O8. The third-order valence-corrected chi connectivity index (χ3v) is 2.50. The van der Waals surface area contributed by atoms with Gasteiger partial charge in [0.05, 0.1) is 25.4 Å². The third-order valence-electron chi connectivity index (χ3n) is 2.50. The van der Waals surface area contributed by atoms with Crippen molar-refractivity contribution >= 4 is 11.9 Å². The van der Waals surface area contributed by atoms with Crippen LogP contribution in [-0.2, 0) is 9.59 Å². The van der Waals surface area contributed by atoms with Gasteiger partial charge < -0.3 is 30.6 Å². The van der Waals surface area contributed by atoms with E-state index in [9.17, 15) is 19.8 Å². The molecule has 19 heavy (non-hydrogen) atoms. The van der Waals surface area contributed by atoms with Crippen LogP contribution in [0.4, 0.5) is 0 Å². The number of carboxylic acids is 2. The normalized spacial score (nSPS) is 16.7. The summed E-state index contributed by atoms with van der Waals surface area (Å²) in [5.74, 6) is -3.97. The van der Waals surface area contributed by atoms with E-state index in [4.69, 9.17) is 20.4 Å². The highest BCUT2D eigenvalue weighted by Crippen LogP contribution is 2.23. The van der Waals surface area contributed by atoms with Gasteiger partial charge >= 0.3 is 11.9 Å². The van der Waals surface area contributed by atoms with E-state index in [1.165, 1.54) is 0 Å². The first-order valence-electron chi connectivity index (χ1n) is 5.57. The smallest absolute Gasteiger partial charge is 0.332 e. The standard InChI is InChI=1S/C11H18O8/c12-4-7(14)1-6(2-8(15)5-13)9(11(18)19)3-10(16)17/h3,6-8,12-15H,1-2,4-5H2,(H,16,17)(H,18,19)/b9-3-. The Bertz CT molecular complexity index is 326. The van der Waals surface area contributed by atoms with Crippen LogP contribution in [0.5, 0.6) is 0 Å². The van der Waals surface area contributed by atoms with E-state index in [-0.39, 0.29) is 12.8 Å². The fraction of sp³-hybridized carbons (Fsp3) is 0.636. The van der Waals surface area contributed by atoms with Crippen molar-refractivity contribution in [2.24, 2.45) is 5.92 Å². The highest BCUT2D eigenvalue weighted by molar-refractivity contribution is 5.95. The molecule has 0 saturated heterocycles. The molecule has 8 nitrogen and oxygen atoms in total. The first kappa shape index (κ1) is 17.5. The highest BCUT2D eigenvalue weighted by Gasteiger charge is 2.26. The topological polar surface area (TPSA) is 156 Å². The summed E-state index contributed by atoms with van der Waals surface area (Å²) in [5.41, 5.74) is -0.507. The summed E-state index contributed by atoms with van der Waals surface area (Å²) in [6.45, 7) is -1.24. The van der Waals surface area contributed by atoms with Crippen LogP contribution in [0.15, 0.2) is 11.6 Å². The summed E-state index contributed by atoms with van der Waals surface area (Å²) < 4.78 is 0. The Morgan fingerprint density at radius 1 is 0.947 bits per heavy atom. The molecule has 2 unspecified atom stereocenters. The zero-order chi connectivity index (χ0) is 15.0. The van der Waals surface area contributed by atoms with E-state index in [2.05, 4.69) is 0 Å². The molecule has 0 spiro atoms. The van der Waals surface area contributed by atoms with E-state index >= 15 is 0 Å². The molecule has 0 aromatic rings. The van der Waals surface area contributed by atoms with E-state index < -0.39 is 48.9 Å². The summed E-state index contributed by atoms with van der Waals surface area (Å²) >= 11 is 0. The van der Waals surface area contributed by atoms with Crippen LogP contribution in [0.1, 0.15) is 12.8 Å². The molecule has 0 aliphatic rings. The van der Waals surface area contributed by atoms with Gasteiger partial charge in [-0.15, -0.1) is 0 Å². The predicted octanol–water partition coefficient (Wildman–Crippen LogP) is -1.82. The number of carboxylic acid groups (broad SMARTS) is 2. The van der Waals surface area contributed by atoms with Gasteiger partial charge in [0.1, 0.15) is 0 Å². The van der Waals surface area contributed by atoms with Gasteiger partial charge in [0.25, 0.3) is 0 Å². The van der Waals surface area contributed by atoms with E-state index in [1.54, 1.807) is 0 Å². The molecule has 0 radical (unpaired) electrons. The zero-order valence-corrected chi connectivity index (χ0v) is 10.1. The van der Waals surface area contributed by atoms with Crippen LogP contribution in [0.2, 0.25) is 0 Å². The third kappa shape index (κ3) is 6.87. The fourth-order valence-corrected chi connectivity index (χ4v) is 1.64. The molecule has 110 valence electrons. The lowest BCUT2D eigenvalue weighted by Crippen LogP contribution is -2.27. The molecule has 0 rings (SSSR count). The first-order chi connectivity index (χ1) is 8.81. The first-order valence-corrected chi connectivity index (χ1v) is 5.57. The molecule has 0 aromatic carbocycles. The summed E-state index contributed by atoms with van der Waals surface area (Å²) in [6.07, 6.45) is -2.49. The molecule has 0 aromatic heterocycles. The van der Waals surface area contributed by atoms with Gasteiger partial charge in [-0.1, -0.05) is 0 Å². The van der Waals surface area contributed by atoms with Crippen molar-refractivity contribution in [1.82, 2.24) is 0 Å². The minimum atomic E-state index is -1.50. The lowest BCUT2D eigenvalue weighted by Gasteiger charge is -2.21. The molecule has 0 saturated carbocycles. The summed E-state index contributed by atoms with van der Waals surface area (Å²) in [4.78, 5) is 21.6. The largest absolute Gasteiger partial charge is 0.478 e. The van der Waals surface area contributed by atoms with Crippen LogP contribution in [0.25, 0.3) is 0 Å². The second-order valence-corrected chi connectivity index (χ2v) is 4.08. The van der Waals surface area contributed by atoms with Crippen molar-refractivity contribution in [3.8, 4) is 0 Å². The summed E-state index contributed by atoms with van der Waals surface area (Å²) in [6, 6.07) is 0. The van der Waals surface area contributed by atoms with Crippen LogP contribution in [0, 0.1) is 5.92 Å². The number of hydrogen-bond acceptors (Lipinski definition) is 6. The molecule has 0 bridgehead atoms. The lowest BCUT2D eigenvalue weighted by atomic mass is 9.87. The Kier molecular flexibility index (Phi) is 7.92. The maximum Gasteiger partial charge on any atom is 0.332 e. The minimum Gasteiger partial charge on any atom is -0.478 e. The van der Waals surface area contributed by atoms with Gasteiger partial charge in [0.15, 0.2) is 0 Å². The molecule has 0 aliphatic heterocycles. The van der Waals surface area contributed by atoms with Gasteiger partial charge in [-0.2, -0.15) is 0 Å². The number of aliphatic hydroxyl groups excluding tert-OH is 4. The van der Waals surface area contributed by atoms with Crippen molar-refractivity contribution in [2.45, 2.75) is 25.0 Å². The number of aliphatic carboxylic acids is 2. The van der Waals surface area contributed by atoms with Gasteiger partial charge in [0, 0.05) is 11.6 Å². The Morgan fingerprint density at radius 2 is 1.37 bits per heavy atom. The quantitative estimate of drug-likeness (QED) is 0.269. The molecule has 0 fully saturated rings. The molecule has 2 atom stereocenters. The van der Waals surface area contributed by atoms with E-state index in [1.807, 2.05) is 0 Å². The van der Waals surface area contributed by atoms with Gasteiger partial charge in [-0.25, -0.2) is 9.59 Å². The SMILES string of the molecule is O=C(O)/C=C(\C(=O)O)C(CC(O)CO)CC(O)CO. The number of rotatable bonds is 9. The Hall–Kier alpha value is -1.48. The minimum absolute atomic E-state index is 0.237. The van der Waals surface area contributed by atoms with Crippen LogP contribution in [-0.4, -0.2) is 68.0 Å². The monoisotopic (exact) mass is 278 g/mol. The van der Waals surface area contributed by atoms with Gasteiger partial charge in [-0.3, -0.25) is 0 Å². The van der Waals surface area contributed by atoms with Crippen LogP contribution in [0.3, 0.4) is 0 Å². The van der Waals surface area contributed by atoms with Crippen molar-refractivity contribution < 1.29 is 40.2 Å². The fourth-order valence-electron chi connectivity index (χ4n) is 1.64. The Balaban J connectivity index is 5.15. The highest BCUT2D eigenvalue weighted by atomic mass is 16.4. The number of aliphatic hydroxyl groups is 4. The van der Waals surface area contributed by atoms with Gasteiger partial charge in [0.2, 0.25) is 0 Å². The average Bonchev–Trinajstić information content (AvgIpc) is 2.34. The predicted molar refractivity (Wildman–Crippen MR) is 62.3 cm³/mol. The zero-order valence-electron chi connectivity index (χ0n) is 10.1. The summed E-state index contributed by atoms with van der Waals surface area (Å²) in [7, 11) is 0. The maximum atomic E-state index is 11.0.